The fourth-order valence-electron chi connectivity index (χ4n) is 6.15. The van der Waals surface area contributed by atoms with E-state index in [4.69, 9.17) is 4.98 Å². The lowest BCUT2D eigenvalue weighted by molar-refractivity contribution is -0.138. The first-order valence-electron chi connectivity index (χ1n) is 10.7. The molecular formula is C21H26F2N6O2. The molecule has 5 rings (SSSR count). The third-order valence-electron chi connectivity index (χ3n) is 7.76. The largest absolute Gasteiger partial charge is 0.481 e. The smallest absolute Gasteiger partial charge is 0.303 e. The van der Waals surface area contributed by atoms with Crippen molar-refractivity contribution in [3.05, 3.63) is 17.5 Å². The van der Waals surface area contributed by atoms with Crippen LogP contribution in [0.5, 0.6) is 0 Å². The van der Waals surface area contributed by atoms with Crippen LogP contribution in [-0.4, -0.2) is 49.1 Å². The molecule has 2 aliphatic carbocycles. The van der Waals surface area contributed by atoms with Crippen molar-refractivity contribution in [2.75, 3.05) is 18.0 Å². The van der Waals surface area contributed by atoms with Gasteiger partial charge in [-0.3, -0.25) is 4.79 Å². The van der Waals surface area contributed by atoms with Gasteiger partial charge in [0.25, 0.3) is 5.92 Å². The fraction of sp³-hybridized carbons (Fsp3) is 0.667. The van der Waals surface area contributed by atoms with Gasteiger partial charge >= 0.3 is 5.97 Å². The molecule has 0 bridgehead atoms. The minimum absolute atomic E-state index is 0.0621. The number of carboxylic acids is 1. The van der Waals surface area contributed by atoms with Gasteiger partial charge in [-0.05, 0) is 36.0 Å². The maximum atomic E-state index is 14.7. The van der Waals surface area contributed by atoms with Crippen molar-refractivity contribution in [1.82, 2.24) is 25.0 Å². The molecule has 1 aliphatic heterocycles. The molecule has 3 heterocycles. The third kappa shape index (κ3) is 3.02. The van der Waals surface area contributed by atoms with Crippen LogP contribution >= 0.6 is 0 Å². The Morgan fingerprint density at radius 1 is 1.35 bits per heavy atom. The third-order valence-corrected chi connectivity index (χ3v) is 7.76. The molecule has 1 saturated heterocycles. The van der Waals surface area contributed by atoms with E-state index in [0.29, 0.717) is 42.0 Å². The maximum Gasteiger partial charge on any atom is 0.303 e. The monoisotopic (exact) mass is 432 g/mol. The summed E-state index contributed by atoms with van der Waals surface area (Å²) in [6.45, 7) is 5.61. The predicted molar refractivity (Wildman–Crippen MR) is 108 cm³/mol. The van der Waals surface area contributed by atoms with E-state index in [0.717, 1.165) is 6.42 Å². The molecule has 1 N–H and O–H groups in total. The van der Waals surface area contributed by atoms with Gasteiger partial charge in [-0.2, -0.15) is 8.78 Å². The number of nitrogens with zero attached hydrogens (tertiary/aromatic N) is 6. The fourth-order valence-corrected chi connectivity index (χ4v) is 6.15. The number of aryl methyl sites for hydroxylation is 1. The Bertz CT molecular complexity index is 1060. The van der Waals surface area contributed by atoms with E-state index in [2.05, 4.69) is 34.0 Å². The second-order valence-corrected chi connectivity index (χ2v) is 9.65. The Kier molecular flexibility index (Phi) is 4.36. The molecule has 31 heavy (non-hydrogen) atoms. The van der Waals surface area contributed by atoms with Crippen molar-refractivity contribution in [2.24, 2.45) is 30.2 Å². The highest BCUT2D eigenvalue weighted by Gasteiger charge is 2.56. The van der Waals surface area contributed by atoms with Crippen molar-refractivity contribution in [3.8, 4) is 11.5 Å². The Hall–Kier alpha value is -2.65. The summed E-state index contributed by atoms with van der Waals surface area (Å²) in [5.41, 5.74) is 0.598. The highest BCUT2D eigenvalue weighted by Crippen LogP contribution is 2.57. The Labute approximate surface area is 178 Å². The SMILES string of the molecule is CC1C[C@H](CC(=O)O)[C@@]2(C)CN(c3nc(-c4cnnn4C)nc4c3CCC4(F)F)C[C@H]12. The van der Waals surface area contributed by atoms with Crippen molar-refractivity contribution in [1.29, 1.82) is 0 Å². The number of fused-ring (bicyclic) bond motifs is 2. The van der Waals surface area contributed by atoms with E-state index in [1.807, 2.05) is 0 Å². The number of aromatic nitrogens is 5. The Morgan fingerprint density at radius 2 is 2.13 bits per heavy atom. The van der Waals surface area contributed by atoms with Gasteiger partial charge < -0.3 is 10.0 Å². The minimum Gasteiger partial charge on any atom is -0.481 e. The van der Waals surface area contributed by atoms with E-state index in [1.54, 1.807) is 7.05 Å². The van der Waals surface area contributed by atoms with Crippen LogP contribution in [0, 0.1) is 23.2 Å². The lowest BCUT2D eigenvalue weighted by atomic mass is 9.74. The van der Waals surface area contributed by atoms with Crippen LogP contribution in [-0.2, 0) is 24.2 Å². The average Bonchev–Trinajstić information content (AvgIpc) is 3.40. The van der Waals surface area contributed by atoms with Crippen molar-refractivity contribution in [3.63, 3.8) is 0 Å². The predicted octanol–water partition coefficient (Wildman–Crippen LogP) is 2.88. The summed E-state index contributed by atoms with van der Waals surface area (Å²) in [5.74, 6) is -2.30. The summed E-state index contributed by atoms with van der Waals surface area (Å²) >= 11 is 0. The Morgan fingerprint density at radius 3 is 2.81 bits per heavy atom. The summed E-state index contributed by atoms with van der Waals surface area (Å²) in [6.07, 6.45) is 2.45. The van der Waals surface area contributed by atoms with E-state index < -0.39 is 11.9 Å². The lowest BCUT2D eigenvalue weighted by Crippen LogP contribution is -2.33. The Balaban J connectivity index is 1.58. The summed E-state index contributed by atoms with van der Waals surface area (Å²) in [5, 5.41) is 17.1. The zero-order chi connectivity index (χ0) is 22.1. The van der Waals surface area contributed by atoms with E-state index in [9.17, 15) is 18.7 Å². The number of carbonyl (C=O) groups is 1. The molecule has 2 fully saturated rings. The number of aliphatic carboxylic acids is 1. The molecule has 0 radical (unpaired) electrons. The number of alkyl halides is 2. The maximum absolute atomic E-state index is 14.7. The average molecular weight is 432 g/mol. The lowest BCUT2D eigenvalue weighted by Gasteiger charge is -2.31. The molecule has 8 nitrogen and oxygen atoms in total. The highest BCUT2D eigenvalue weighted by atomic mass is 19.3. The van der Waals surface area contributed by atoms with Crippen molar-refractivity contribution >= 4 is 11.8 Å². The number of hydrogen-bond donors (Lipinski definition) is 1. The summed E-state index contributed by atoms with van der Waals surface area (Å²) in [7, 11) is 1.68. The number of anilines is 1. The highest BCUT2D eigenvalue weighted by molar-refractivity contribution is 5.67. The van der Waals surface area contributed by atoms with Crippen LogP contribution in [0.15, 0.2) is 6.20 Å². The molecule has 2 aromatic rings. The first kappa shape index (κ1) is 20.3. The van der Waals surface area contributed by atoms with Gasteiger partial charge in [0.2, 0.25) is 0 Å². The van der Waals surface area contributed by atoms with Gasteiger partial charge in [-0.1, -0.05) is 19.1 Å². The molecule has 0 aromatic carbocycles. The topological polar surface area (TPSA) is 97.0 Å². The first-order chi connectivity index (χ1) is 14.6. The van der Waals surface area contributed by atoms with Crippen molar-refractivity contribution < 1.29 is 18.7 Å². The molecule has 166 valence electrons. The first-order valence-corrected chi connectivity index (χ1v) is 10.7. The van der Waals surface area contributed by atoms with Gasteiger partial charge in [0.15, 0.2) is 5.82 Å². The molecule has 1 unspecified atom stereocenters. The zero-order valence-electron chi connectivity index (χ0n) is 17.8. The molecule has 3 aliphatic rings. The van der Waals surface area contributed by atoms with E-state index >= 15 is 0 Å². The molecular weight excluding hydrogens is 406 g/mol. The summed E-state index contributed by atoms with van der Waals surface area (Å²) < 4.78 is 30.9. The second-order valence-electron chi connectivity index (χ2n) is 9.65. The van der Waals surface area contributed by atoms with Gasteiger partial charge in [0.05, 0.1) is 6.20 Å². The van der Waals surface area contributed by atoms with Crippen LogP contribution < -0.4 is 4.90 Å². The molecule has 10 heteroatoms. The minimum atomic E-state index is -2.99. The van der Waals surface area contributed by atoms with Crippen LogP contribution in [0.2, 0.25) is 0 Å². The van der Waals surface area contributed by atoms with Crippen LogP contribution in [0.3, 0.4) is 0 Å². The number of carboxylic acid groups (broad SMARTS) is 1. The molecule has 4 atom stereocenters. The van der Waals surface area contributed by atoms with Gasteiger partial charge in [0.1, 0.15) is 17.2 Å². The standard InChI is InChI=1S/C21H26F2N6O2/c1-11-6-12(7-16(30)31)20(2)10-29(9-14(11)20)19-13-4-5-21(22,23)17(13)25-18(26-19)15-8-24-27-28(15)3/h8,11-12,14H,4-7,9-10H2,1-3H3,(H,30,31)/t11?,12-,14-,20-/m1/s1. The summed E-state index contributed by atoms with van der Waals surface area (Å²) in [4.78, 5) is 22.5. The number of rotatable bonds is 4. The molecule has 2 aromatic heterocycles. The molecule has 0 amide bonds. The molecule has 1 saturated carbocycles. The van der Waals surface area contributed by atoms with E-state index in [1.165, 1.54) is 10.9 Å². The number of halogens is 2. The van der Waals surface area contributed by atoms with Crippen molar-refractivity contribution in [2.45, 2.75) is 45.5 Å². The molecule has 0 spiro atoms. The van der Waals surface area contributed by atoms with Crippen LogP contribution in [0.1, 0.15) is 44.4 Å². The normalized spacial score (nSPS) is 31.1. The summed E-state index contributed by atoms with van der Waals surface area (Å²) in [6, 6.07) is 0. The van der Waals surface area contributed by atoms with Crippen LogP contribution in [0.25, 0.3) is 11.5 Å². The quantitative estimate of drug-likeness (QED) is 0.793. The van der Waals surface area contributed by atoms with Crippen LogP contribution in [0.4, 0.5) is 14.6 Å². The second kappa shape index (κ2) is 6.67. The van der Waals surface area contributed by atoms with Gasteiger partial charge in [-0.25, -0.2) is 14.6 Å². The van der Waals surface area contributed by atoms with Gasteiger partial charge in [-0.15, -0.1) is 5.10 Å². The number of hydrogen-bond acceptors (Lipinski definition) is 6. The van der Waals surface area contributed by atoms with E-state index in [-0.39, 0.29) is 42.1 Å². The van der Waals surface area contributed by atoms with Gasteiger partial charge in [0, 0.05) is 38.5 Å². The zero-order valence-corrected chi connectivity index (χ0v) is 17.8.